The van der Waals surface area contributed by atoms with Crippen molar-refractivity contribution < 1.29 is 23.9 Å². The molecule has 0 aliphatic heterocycles. The van der Waals surface area contributed by atoms with Crippen LogP contribution in [0, 0.1) is 0 Å². The number of thioether (sulfide) groups is 1. The SMILES string of the molecule is COc1ccc(/C=C(\NC(=O)c2ccccc2)C(=O)Nc2ccc(SCC(=O)Nc3ccc(Cl)cc3Cl)cc2)c(OC)c1. The Kier molecular flexibility index (Phi) is 11.1. The van der Waals surface area contributed by atoms with Gasteiger partial charge in [-0.1, -0.05) is 41.4 Å². The lowest BCUT2D eigenvalue weighted by Crippen LogP contribution is -2.30. The maximum atomic E-state index is 13.4. The highest BCUT2D eigenvalue weighted by atomic mass is 35.5. The summed E-state index contributed by atoms with van der Waals surface area (Å²) in [6.07, 6.45) is 1.53. The summed E-state index contributed by atoms with van der Waals surface area (Å²) in [5.74, 6) is -0.0298. The van der Waals surface area contributed by atoms with E-state index in [-0.39, 0.29) is 17.4 Å². The maximum absolute atomic E-state index is 13.4. The molecule has 11 heteroatoms. The van der Waals surface area contributed by atoms with Crippen molar-refractivity contribution in [3.63, 3.8) is 0 Å². The Morgan fingerprint density at radius 1 is 0.837 bits per heavy atom. The molecule has 43 heavy (non-hydrogen) atoms. The first-order valence-corrected chi connectivity index (χ1v) is 14.6. The predicted octanol–water partition coefficient (Wildman–Crippen LogP) is 7.15. The van der Waals surface area contributed by atoms with Gasteiger partial charge in [0.25, 0.3) is 11.8 Å². The zero-order valence-electron chi connectivity index (χ0n) is 23.2. The summed E-state index contributed by atoms with van der Waals surface area (Å²) < 4.78 is 10.7. The van der Waals surface area contributed by atoms with E-state index in [4.69, 9.17) is 32.7 Å². The fourth-order valence-electron chi connectivity index (χ4n) is 3.79. The van der Waals surface area contributed by atoms with Crippen LogP contribution in [0.4, 0.5) is 11.4 Å². The van der Waals surface area contributed by atoms with Crippen LogP contribution >= 0.6 is 35.0 Å². The Morgan fingerprint density at radius 3 is 2.26 bits per heavy atom. The molecule has 0 bridgehead atoms. The second kappa shape index (κ2) is 15.2. The van der Waals surface area contributed by atoms with Crippen molar-refractivity contribution in [2.75, 3.05) is 30.6 Å². The van der Waals surface area contributed by atoms with Gasteiger partial charge in [0.15, 0.2) is 0 Å². The van der Waals surface area contributed by atoms with Crippen molar-refractivity contribution in [2.24, 2.45) is 0 Å². The Labute approximate surface area is 263 Å². The number of nitrogens with one attached hydrogen (secondary N) is 3. The molecule has 0 heterocycles. The number of halogens is 2. The molecule has 0 fully saturated rings. The first-order valence-electron chi connectivity index (χ1n) is 12.8. The molecule has 0 aliphatic rings. The van der Waals surface area contributed by atoms with E-state index >= 15 is 0 Å². The van der Waals surface area contributed by atoms with E-state index in [0.29, 0.717) is 44.0 Å². The molecule has 0 saturated carbocycles. The van der Waals surface area contributed by atoms with Crippen LogP contribution in [-0.2, 0) is 9.59 Å². The van der Waals surface area contributed by atoms with Crippen molar-refractivity contribution in [1.29, 1.82) is 0 Å². The summed E-state index contributed by atoms with van der Waals surface area (Å²) in [7, 11) is 3.05. The summed E-state index contributed by atoms with van der Waals surface area (Å²) in [6.45, 7) is 0. The van der Waals surface area contributed by atoms with E-state index in [2.05, 4.69) is 16.0 Å². The molecule has 220 valence electrons. The van der Waals surface area contributed by atoms with Crippen molar-refractivity contribution >= 4 is 70.1 Å². The highest BCUT2D eigenvalue weighted by molar-refractivity contribution is 8.00. The molecule has 4 aromatic carbocycles. The van der Waals surface area contributed by atoms with Crippen molar-refractivity contribution in [1.82, 2.24) is 5.32 Å². The monoisotopic (exact) mass is 635 g/mol. The lowest BCUT2D eigenvalue weighted by molar-refractivity contribution is -0.114. The Hall–Kier alpha value is -4.44. The first kappa shape index (κ1) is 31.5. The van der Waals surface area contributed by atoms with Crippen LogP contribution in [0.2, 0.25) is 10.0 Å². The molecule has 8 nitrogen and oxygen atoms in total. The van der Waals surface area contributed by atoms with Crippen LogP contribution in [-0.4, -0.2) is 37.7 Å². The van der Waals surface area contributed by atoms with Gasteiger partial charge >= 0.3 is 0 Å². The second-order valence-corrected chi connectivity index (χ2v) is 10.8. The third-order valence-corrected chi connectivity index (χ3v) is 7.52. The first-order chi connectivity index (χ1) is 20.7. The van der Waals surface area contributed by atoms with Gasteiger partial charge in [-0.3, -0.25) is 14.4 Å². The number of amides is 3. The normalized spacial score (nSPS) is 10.9. The fraction of sp³-hybridized carbons (Fsp3) is 0.0938. The molecule has 0 aromatic heterocycles. The van der Waals surface area contributed by atoms with Gasteiger partial charge in [-0.15, -0.1) is 11.8 Å². The van der Waals surface area contributed by atoms with Gasteiger partial charge in [0.2, 0.25) is 5.91 Å². The Morgan fingerprint density at radius 2 is 1.58 bits per heavy atom. The number of hydrogen-bond donors (Lipinski definition) is 3. The van der Waals surface area contributed by atoms with Crippen molar-refractivity contribution in [3.05, 3.63) is 118 Å². The largest absolute Gasteiger partial charge is 0.497 e. The topological polar surface area (TPSA) is 106 Å². The molecule has 3 amide bonds. The van der Waals surface area contributed by atoms with E-state index in [9.17, 15) is 14.4 Å². The second-order valence-electron chi connectivity index (χ2n) is 8.93. The molecular formula is C32H27Cl2N3O5S. The number of benzene rings is 4. The van der Waals surface area contributed by atoms with Gasteiger partial charge in [0.1, 0.15) is 17.2 Å². The third-order valence-electron chi connectivity index (χ3n) is 5.96. The number of ether oxygens (including phenoxy) is 2. The number of hydrogen-bond acceptors (Lipinski definition) is 6. The number of rotatable bonds is 11. The number of carbonyl (C=O) groups excluding carboxylic acids is 3. The molecule has 0 radical (unpaired) electrons. The van der Waals surface area contributed by atoms with Crippen LogP contribution in [0.1, 0.15) is 15.9 Å². The van der Waals surface area contributed by atoms with E-state index in [0.717, 1.165) is 4.90 Å². The molecule has 3 N–H and O–H groups in total. The summed E-state index contributed by atoms with van der Waals surface area (Å²) in [5, 5.41) is 9.11. The zero-order valence-corrected chi connectivity index (χ0v) is 25.5. The standard InChI is InChI=1S/C32H27Cl2N3O5S/c1-41-24-12-8-21(29(18-24)42-2)16-28(37-31(39)20-6-4-3-5-7-20)32(40)35-23-10-13-25(14-11-23)43-19-30(38)36-27-15-9-22(33)17-26(27)34/h3-18H,19H2,1-2H3,(H,35,40)(H,36,38)(H,37,39)/b28-16-. The highest BCUT2D eigenvalue weighted by Gasteiger charge is 2.17. The van der Waals surface area contributed by atoms with Gasteiger partial charge in [0, 0.05) is 32.8 Å². The maximum Gasteiger partial charge on any atom is 0.272 e. The van der Waals surface area contributed by atoms with Gasteiger partial charge in [-0.2, -0.15) is 0 Å². The Balaban J connectivity index is 1.45. The summed E-state index contributed by atoms with van der Waals surface area (Å²) in [5.41, 5.74) is 1.94. The van der Waals surface area contributed by atoms with Crippen LogP contribution in [0.15, 0.2) is 102 Å². The van der Waals surface area contributed by atoms with Crippen molar-refractivity contribution in [3.8, 4) is 11.5 Å². The van der Waals surface area contributed by atoms with Gasteiger partial charge in [-0.25, -0.2) is 0 Å². The minimum atomic E-state index is -0.540. The van der Waals surface area contributed by atoms with Crippen LogP contribution in [0.25, 0.3) is 6.08 Å². The van der Waals surface area contributed by atoms with Crippen molar-refractivity contribution in [2.45, 2.75) is 4.90 Å². The highest BCUT2D eigenvalue weighted by Crippen LogP contribution is 2.28. The van der Waals surface area contributed by atoms with Crippen LogP contribution in [0.3, 0.4) is 0 Å². The van der Waals surface area contributed by atoms with Gasteiger partial charge in [0.05, 0.1) is 30.7 Å². The molecule has 0 saturated heterocycles. The number of carbonyl (C=O) groups is 3. The Bertz CT molecular complexity index is 1650. The predicted molar refractivity (Wildman–Crippen MR) is 172 cm³/mol. The summed E-state index contributed by atoms with van der Waals surface area (Å²) >= 11 is 13.3. The van der Waals surface area contributed by atoms with Crippen LogP contribution in [0.5, 0.6) is 11.5 Å². The van der Waals surface area contributed by atoms with Gasteiger partial charge in [-0.05, 0) is 72.8 Å². The zero-order chi connectivity index (χ0) is 30.8. The van der Waals surface area contributed by atoms with Gasteiger partial charge < -0.3 is 25.4 Å². The van der Waals surface area contributed by atoms with E-state index < -0.39 is 11.8 Å². The molecule has 4 rings (SSSR count). The smallest absolute Gasteiger partial charge is 0.272 e. The minimum Gasteiger partial charge on any atom is -0.497 e. The molecule has 0 atom stereocenters. The lowest BCUT2D eigenvalue weighted by Gasteiger charge is -2.13. The molecular weight excluding hydrogens is 609 g/mol. The molecule has 4 aromatic rings. The van der Waals surface area contributed by atoms with E-state index in [1.165, 1.54) is 24.9 Å². The number of anilines is 2. The lowest BCUT2D eigenvalue weighted by atomic mass is 10.1. The average molecular weight is 637 g/mol. The van der Waals surface area contributed by atoms with Crippen LogP contribution < -0.4 is 25.4 Å². The molecule has 0 unspecified atom stereocenters. The average Bonchev–Trinajstić information content (AvgIpc) is 3.02. The molecule has 0 aliphatic carbocycles. The quantitative estimate of drug-likeness (QED) is 0.119. The van der Waals surface area contributed by atoms with E-state index in [1.807, 2.05) is 0 Å². The number of methoxy groups -OCH3 is 2. The molecule has 0 spiro atoms. The minimum absolute atomic E-state index is 0.00769. The summed E-state index contributed by atoms with van der Waals surface area (Å²) in [6, 6.07) is 25.5. The van der Waals surface area contributed by atoms with E-state index in [1.54, 1.807) is 98.1 Å². The fourth-order valence-corrected chi connectivity index (χ4v) is 4.95. The third kappa shape index (κ3) is 9.02. The summed E-state index contributed by atoms with van der Waals surface area (Å²) in [4.78, 5) is 39.5.